The van der Waals surface area contributed by atoms with Crippen molar-refractivity contribution in [1.82, 2.24) is 5.32 Å². The minimum atomic E-state index is 0.439. The molecule has 0 atom stereocenters. The maximum Gasteiger partial charge on any atom is 0.147 e. The van der Waals surface area contributed by atoms with E-state index in [1.807, 2.05) is 49.5 Å². The molecule has 0 aliphatic rings. The van der Waals surface area contributed by atoms with Crippen molar-refractivity contribution in [2.75, 3.05) is 7.05 Å². The van der Waals surface area contributed by atoms with E-state index in [0.29, 0.717) is 6.61 Å². The van der Waals surface area contributed by atoms with Crippen LogP contribution in [0, 0.1) is 6.92 Å². The summed E-state index contributed by atoms with van der Waals surface area (Å²) in [6, 6.07) is 16.1. The molecule has 3 aromatic rings. The Balaban J connectivity index is 1.85. The number of nitrogens with one attached hydrogen (secondary N) is 1. The number of ether oxygens (including phenoxy) is 1. The highest BCUT2D eigenvalue weighted by Crippen LogP contribution is 2.27. The highest BCUT2D eigenvalue weighted by molar-refractivity contribution is 5.82. The molecular weight excluding hydrogens is 262 g/mol. The molecule has 1 heterocycles. The Kier molecular flexibility index (Phi) is 3.93. The summed E-state index contributed by atoms with van der Waals surface area (Å²) >= 11 is 0. The first kappa shape index (κ1) is 13.7. The molecule has 3 rings (SSSR count). The fourth-order valence-electron chi connectivity index (χ4n) is 2.42. The van der Waals surface area contributed by atoms with E-state index in [1.165, 1.54) is 11.1 Å². The van der Waals surface area contributed by atoms with E-state index < -0.39 is 0 Å². The Morgan fingerprint density at radius 1 is 1.05 bits per heavy atom. The summed E-state index contributed by atoms with van der Waals surface area (Å²) in [6.45, 7) is 3.27. The standard InChI is InChI=1S/C18H19NO2/c1-13-7-9-14(10-8-13)20-12-18-16(11-19-2)15-5-3-4-6-17(15)21-18/h3-10,19H,11-12H2,1-2H3. The van der Waals surface area contributed by atoms with E-state index in [4.69, 9.17) is 9.15 Å². The van der Waals surface area contributed by atoms with E-state index >= 15 is 0 Å². The van der Waals surface area contributed by atoms with Crippen molar-refractivity contribution in [3.05, 3.63) is 65.4 Å². The minimum Gasteiger partial charge on any atom is -0.486 e. The van der Waals surface area contributed by atoms with Crippen LogP contribution in [-0.4, -0.2) is 7.05 Å². The molecule has 0 aliphatic heterocycles. The molecule has 0 bridgehead atoms. The van der Waals surface area contributed by atoms with Gasteiger partial charge in [0.2, 0.25) is 0 Å². The summed E-state index contributed by atoms with van der Waals surface area (Å²) in [5, 5.41) is 4.34. The van der Waals surface area contributed by atoms with Crippen LogP contribution in [0.1, 0.15) is 16.9 Å². The lowest BCUT2D eigenvalue weighted by atomic mass is 10.1. The third-order valence-corrected chi connectivity index (χ3v) is 3.53. The lowest BCUT2D eigenvalue weighted by molar-refractivity contribution is 0.272. The van der Waals surface area contributed by atoms with Crippen molar-refractivity contribution < 1.29 is 9.15 Å². The van der Waals surface area contributed by atoms with Gasteiger partial charge in [0.15, 0.2) is 0 Å². The largest absolute Gasteiger partial charge is 0.486 e. The van der Waals surface area contributed by atoms with Crippen LogP contribution in [0.5, 0.6) is 5.75 Å². The molecule has 1 N–H and O–H groups in total. The second-order valence-corrected chi connectivity index (χ2v) is 5.13. The van der Waals surface area contributed by atoms with Gasteiger partial charge in [-0.3, -0.25) is 0 Å². The van der Waals surface area contributed by atoms with Crippen LogP contribution in [0.2, 0.25) is 0 Å². The highest BCUT2D eigenvalue weighted by Gasteiger charge is 2.13. The molecule has 108 valence electrons. The second kappa shape index (κ2) is 6.02. The highest BCUT2D eigenvalue weighted by atomic mass is 16.5. The summed E-state index contributed by atoms with van der Waals surface area (Å²) < 4.78 is 11.8. The molecular formula is C18H19NO2. The molecule has 0 saturated heterocycles. The number of benzene rings is 2. The number of rotatable bonds is 5. The fraction of sp³-hybridized carbons (Fsp3) is 0.222. The first-order valence-electron chi connectivity index (χ1n) is 7.11. The number of aryl methyl sites for hydroxylation is 1. The van der Waals surface area contributed by atoms with E-state index in [1.54, 1.807) is 0 Å². The van der Waals surface area contributed by atoms with Crippen LogP contribution in [0.25, 0.3) is 11.0 Å². The van der Waals surface area contributed by atoms with Gasteiger partial charge in [-0.2, -0.15) is 0 Å². The van der Waals surface area contributed by atoms with Crippen molar-refractivity contribution in [2.45, 2.75) is 20.1 Å². The quantitative estimate of drug-likeness (QED) is 0.766. The topological polar surface area (TPSA) is 34.4 Å². The average Bonchev–Trinajstić information content (AvgIpc) is 2.85. The van der Waals surface area contributed by atoms with Gasteiger partial charge in [0.05, 0.1) is 0 Å². The van der Waals surface area contributed by atoms with Gasteiger partial charge in [-0.1, -0.05) is 35.9 Å². The zero-order valence-electron chi connectivity index (χ0n) is 12.3. The van der Waals surface area contributed by atoms with Gasteiger partial charge in [-0.05, 0) is 32.2 Å². The Hall–Kier alpha value is -2.26. The van der Waals surface area contributed by atoms with Crippen LogP contribution < -0.4 is 10.1 Å². The van der Waals surface area contributed by atoms with Crippen molar-refractivity contribution in [3.8, 4) is 5.75 Å². The van der Waals surface area contributed by atoms with E-state index in [9.17, 15) is 0 Å². The van der Waals surface area contributed by atoms with Gasteiger partial charge in [-0.25, -0.2) is 0 Å². The predicted molar refractivity (Wildman–Crippen MR) is 84.5 cm³/mol. The van der Waals surface area contributed by atoms with Crippen molar-refractivity contribution in [2.24, 2.45) is 0 Å². The molecule has 0 amide bonds. The SMILES string of the molecule is CNCc1c(COc2ccc(C)cc2)oc2ccccc12. The monoisotopic (exact) mass is 281 g/mol. The average molecular weight is 281 g/mol. The Morgan fingerprint density at radius 2 is 1.81 bits per heavy atom. The van der Waals surface area contributed by atoms with Crippen LogP contribution in [0.15, 0.2) is 52.9 Å². The Bertz CT molecular complexity index is 729. The van der Waals surface area contributed by atoms with Crippen molar-refractivity contribution >= 4 is 11.0 Å². The fourth-order valence-corrected chi connectivity index (χ4v) is 2.42. The third kappa shape index (κ3) is 2.93. The normalized spacial score (nSPS) is 11.0. The maximum atomic E-state index is 5.93. The molecule has 3 nitrogen and oxygen atoms in total. The van der Waals surface area contributed by atoms with Crippen molar-refractivity contribution in [3.63, 3.8) is 0 Å². The number of hydrogen-bond donors (Lipinski definition) is 1. The maximum absolute atomic E-state index is 5.93. The molecule has 3 heteroatoms. The number of fused-ring (bicyclic) bond motifs is 1. The third-order valence-electron chi connectivity index (χ3n) is 3.53. The molecule has 0 radical (unpaired) electrons. The van der Waals surface area contributed by atoms with Crippen LogP contribution in [0.4, 0.5) is 0 Å². The summed E-state index contributed by atoms with van der Waals surface area (Å²) in [5.74, 6) is 1.74. The van der Waals surface area contributed by atoms with Gasteiger partial charge >= 0.3 is 0 Å². The van der Waals surface area contributed by atoms with Crippen molar-refractivity contribution in [1.29, 1.82) is 0 Å². The first-order valence-corrected chi connectivity index (χ1v) is 7.11. The lowest BCUT2D eigenvalue weighted by Gasteiger charge is -2.06. The first-order chi connectivity index (χ1) is 10.3. The molecule has 0 saturated carbocycles. The van der Waals surface area contributed by atoms with Gasteiger partial charge in [0.25, 0.3) is 0 Å². The summed E-state index contributed by atoms with van der Waals surface area (Å²) in [7, 11) is 1.94. The molecule has 0 spiro atoms. The summed E-state index contributed by atoms with van der Waals surface area (Å²) in [4.78, 5) is 0. The summed E-state index contributed by atoms with van der Waals surface area (Å²) in [6.07, 6.45) is 0. The Morgan fingerprint density at radius 3 is 2.57 bits per heavy atom. The summed E-state index contributed by atoms with van der Waals surface area (Å²) in [5.41, 5.74) is 3.30. The van der Waals surface area contributed by atoms with Crippen LogP contribution >= 0.6 is 0 Å². The van der Waals surface area contributed by atoms with Gasteiger partial charge < -0.3 is 14.5 Å². The van der Waals surface area contributed by atoms with E-state index in [-0.39, 0.29) is 0 Å². The molecule has 0 unspecified atom stereocenters. The number of furan rings is 1. The lowest BCUT2D eigenvalue weighted by Crippen LogP contribution is -2.07. The number of para-hydroxylation sites is 1. The minimum absolute atomic E-state index is 0.439. The smallest absolute Gasteiger partial charge is 0.147 e. The van der Waals surface area contributed by atoms with Crippen LogP contribution in [0.3, 0.4) is 0 Å². The van der Waals surface area contributed by atoms with E-state index in [0.717, 1.165) is 29.0 Å². The molecule has 21 heavy (non-hydrogen) atoms. The molecule has 1 aromatic heterocycles. The molecule has 2 aromatic carbocycles. The zero-order chi connectivity index (χ0) is 14.7. The van der Waals surface area contributed by atoms with Gasteiger partial charge in [-0.15, -0.1) is 0 Å². The number of hydrogen-bond acceptors (Lipinski definition) is 3. The van der Waals surface area contributed by atoms with Crippen LogP contribution in [-0.2, 0) is 13.2 Å². The van der Waals surface area contributed by atoms with Gasteiger partial charge in [0.1, 0.15) is 23.7 Å². The van der Waals surface area contributed by atoms with Gasteiger partial charge in [0, 0.05) is 17.5 Å². The molecule has 0 aliphatic carbocycles. The second-order valence-electron chi connectivity index (χ2n) is 5.13. The van der Waals surface area contributed by atoms with E-state index in [2.05, 4.69) is 18.3 Å². The predicted octanol–water partition coefficient (Wildman–Crippen LogP) is 4.04. The molecule has 0 fully saturated rings. The Labute approximate surface area is 124 Å². The zero-order valence-corrected chi connectivity index (χ0v) is 12.3.